The van der Waals surface area contributed by atoms with E-state index in [9.17, 15) is 14.4 Å². The van der Waals surface area contributed by atoms with Crippen LogP contribution >= 0.6 is 0 Å². The van der Waals surface area contributed by atoms with Gasteiger partial charge in [0.05, 0.1) is 11.4 Å². The van der Waals surface area contributed by atoms with Gasteiger partial charge in [-0.3, -0.25) is 19.3 Å². The van der Waals surface area contributed by atoms with Gasteiger partial charge in [0.2, 0.25) is 5.91 Å². The first-order valence-corrected chi connectivity index (χ1v) is 11.3. The van der Waals surface area contributed by atoms with E-state index in [0.717, 1.165) is 0 Å². The molecule has 1 unspecified atom stereocenters. The van der Waals surface area contributed by atoms with Gasteiger partial charge in [0.1, 0.15) is 18.1 Å². The van der Waals surface area contributed by atoms with Crippen LogP contribution in [0.5, 0.6) is 5.75 Å². The number of nitrogens with zero attached hydrogens (tertiary/aromatic N) is 5. The number of piperazine rings is 1. The summed E-state index contributed by atoms with van der Waals surface area (Å²) < 4.78 is 7.04. The fourth-order valence-corrected chi connectivity index (χ4v) is 4.27. The molecular weight excluding hydrogens is 434 g/mol. The normalized spacial score (nSPS) is 17.9. The molecule has 0 radical (unpaired) electrons. The van der Waals surface area contributed by atoms with E-state index in [1.165, 1.54) is 15.6 Å². The summed E-state index contributed by atoms with van der Waals surface area (Å²) in [4.78, 5) is 43.4. The molecule has 1 fully saturated rings. The van der Waals surface area contributed by atoms with E-state index in [2.05, 4.69) is 10.00 Å². The van der Waals surface area contributed by atoms with Crippen LogP contribution in [0.3, 0.4) is 0 Å². The van der Waals surface area contributed by atoms with Crippen LogP contribution in [0.15, 0.2) is 71.5 Å². The standard InChI is InChI=1S/C25H25N5O4/c1-18-25(33)29(20-9-5-6-10-21(20)34-18)17-24(32)28-15-13-27(14-16-28)22-11-12-23(31)30(26-22)19-7-3-2-4-8-19/h2-12,18H,13-17H2,1H3. The van der Waals surface area contributed by atoms with Crippen LogP contribution in [0, 0.1) is 0 Å². The van der Waals surface area contributed by atoms with Crippen LogP contribution < -0.4 is 20.1 Å². The molecule has 0 saturated carbocycles. The van der Waals surface area contributed by atoms with E-state index in [0.29, 0.717) is 49.1 Å². The molecule has 9 heteroatoms. The summed E-state index contributed by atoms with van der Waals surface area (Å²) in [5, 5.41) is 4.53. The lowest BCUT2D eigenvalue weighted by Crippen LogP contribution is -2.54. The van der Waals surface area contributed by atoms with Crippen LogP contribution in [0.2, 0.25) is 0 Å². The van der Waals surface area contributed by atoms with Crippen molar-refractivity contribution in [2.75, 3.05) is 42.5 Å². The minimum atomic E-state index is -0.633. The van der Waals surface area contributed by atoms with E-state index in [1.807, 2.05) is 42.5 Å². The van der Waals surface area contributed by atoms with Gasteiger partial charge in [-0.25, -0.2) is 0 Å². The Morgan fingerprint density at radius 1 is 0.941 bits per heavy atom. The predicted molar refractivity (Wildman–Crippen MR) is 128 cm³/mol. The second-order valence-corrected chi connectivity index (χ2v) is 8.30. The molecule has 2 aromatic carbocycles. The fraction of sp³-hybridized carbons (Fsp3) is 0.280. The first kappa shape index (κ1) is 21.7. The zero-order chi connectivity index (χ0) is 23.7. The van der Waals surface area contributed by atoms with E-state index >= 15 is 0 Å². The lowest BCUT2D eigenvalue weighted by molar-refractivity contribution is -0.133. The van der Waals surface area contributed by atoms with Crippen molar-refractivity contribution in [3.05, 3.63) is 77.1 Å². The Labute approximate surface area is 196 Å². The smallest absolute Gasteiger partial charge is 0.271 e. The van der Waals surface area contributed by atoms with Gasteiger partial charge in [-0.2, -0.15) is 4.68 Å². The molecule has 1 aromatic heterocycles. The van der Waals surface area contributed by atoms with Crippen molar-refractivity contribution in [1.82, 2.24) is 14.7 Å². The maximum atomic E-state index is 13.1. The molecule has 0 N–H and O–H groups in total. The molecule has 0 aliphatic carbocycles. The fourth-order valence-electron chi connectivity index (χ4n) is 4.27. The van der Waals surface area contributed by atoms with Gasteiger partial charge < -0.3 is 14.5 Å². The molecule has 0 bridgehead atoms. The Kier molecular flexibility index (Phi) is 5.75. The van der Waals surface area contributed by atoms with Gasteiger partial charge in [-0.05, 0) is 37.3 Å². The first-order chi connectivity index (χ1) is 16.5. The van der Waals surface area contributed by atoms with E-state index in [-0.39, 0.29) is 23.9 Å². The number of anilines is 2. The Hall–Kier alpha value is -4.14. The summed E-state index contributed by atoms with van der Waals surface area (Å²) >= 11 is 0. The van der Waals surface area contributed by atoms with Gasteiger partial charge in [-0.1, -0.05) is 30.3 Å². The average molecular weight is 460 g/mol. The second-order valence-electron chi connectivity index (χ2n) is 8.30. The second kappa shape index (κ2) is 9.01. The summed E-state index contributed by atoms with van der Waals surface area (Å²) in [7, 11) is 0. The van der Waals surface area contributed by atoms with Gasteiger partial charge >= 0.3 is 0 Å². The molecule has 34 heavy (non-hydrogen) atoms. The number of hydrogen-bond donors (Lipinski definition) is 0. The van der Waals surface area contributed by atoms with Gasteiger partial charge in [0, 0.05) is 32.2 Å². The third-order valence-electron chi connectivity index (χ3n) is 6.11. The number of benzene rings is 2. The summed E-state index contributed by atoms with van der Waals surface area (Å²) in [6.45, 7) is 3.82. The highest BCUT2D eigenvalue weighted by Crippen LogP contribution is 2.33. The van der Waals surface area contributed by atoms with Gasteiger partial charge in [0.25, 0.3) is 11.5 Å². The summed E-state index contributed by atoms with van der Waals surface area (Å²) in [6, 6.07) is 19.8. The van der Waals surface area contributed by atoms with E-state index in [1.54, 1.807) is 30.0 Å². The predicted octanol–water partition coefficient (Wildman–Crippen LogP) is 1.70. The van der Waals surface area contributed by atoms with Crippen molar-refractivity contribution >= 4 is 23.3 Å². The number of carbonyl (C=O) groups is 2. The molecule has 1 atom stereocenters. The SMILES string of the molecule is CC1Oc2ccccc2N(CC(=O)N2CCN(c3ccc(=O)n(-c4ccccc4)n3)CC2)C1=O. The highest BCUT2D eigenvalue weighted by atomic mass is 16.5. The number of amides is 2. The van der Waals surface area contributed by atoms with Crippen LogP contribution in [0.25, 0.3) is 5.69 Å². The van der Waals surface area contributed by atoms with Gasteiger partial charge in [0.15, 0.2) is 6.10 Å². The van der Waals surface area contributed by atoms with E-state index < -0.39 is 6.10 Å². The summed E-state index contributed by atoms with van der Waals surface area (Å²) in [5.41, 5.74) is 1.12. The quantitative estimate of drug-likeness (QED) is 0.590. The molecule has 2 aliphatic heterocycles. The van der Waals surface area contributed by atoms with Crippen molar-refractivity contribution in [3.8, 4) is 11.4 Å². The third-order valence-corrected chi connectivity index (χ3v) is 6.11. The summed E-state index contributed by atoms with van der Waals surface area (Å²) in [6.07, 6.45) is -0.633. The number of rotatable bonds is 4. The number of fused-ring (bicyclic) bond motifs is 1. The average Bonchev–Trinajstić information content (AvgIpc) is 2.87. The van der Waals surface area contributed by atoms with Crippen LogP contribution in [0.4, 0.5) is 11.5 Å². The molecule has 2 amide bonds. The minimum absolute atomic E-state index is 0.0271. The topological polar surface area (TPSA) is 88.0 Å². The Morgan fingerprint density at radius 3 is 2.41 bits per heavy atom. The Bertz CT molecular complexity index is 1270. The molecular formula is C25H25N5O4. The highest BCUT2D eigenvalue weighted by molar-refractivity contribution is 6.03. The molecule has 9 nitrogen and oxygen atoms in total. The monoisotopic (exact) mass is 459 g/mol. The highest BCUT2D eigenvalue weighted by Gasteiger charge is 2.34. The lowest BCUT2D eigenvalue weighted by atomic mass is 10.2. The van der Waals surface area contributed by atoms with E-state index in [4.69, 9.17) is 4.74 Å². The largest absolute Gasteiger partial charge is 0.479 e. The van der Waals surface area contributed by atoms with Gasteiger partial charge in [-0.15, -0.1) is 5.10 Å². The van der Waals surface area contributed by atoms with Crippen molar-refractivity contribution in [2.24, 2.45) is 0 Å². The van der Waals surface area contributed by atoms with Crippen LogP contribution in [-0.2, 0) is 9.59 Å². The van der Waals surface area contributed by atoms with Crippen LogP contribution in [-0.4, -0.2) is 65.3 Å². The molecule has 174 valence electrons. The number of ether oxygens (including phenoxy) is 1. The van der Waals surface area contributed by atoms with Crippen molar-refractivity contribution in [2.45, 2.75) is 13.0 Å². The third kappa shape index (κ3) is 4.12. The molecule has 3 heterocycles. The Balaban J connectivity index is 1.26. The molecule has 0 spiro atoms. The number of hydrogen-bond acceptors (Lipinski definition) is 6. The summed E-state index contributed by atoms with van der Waals surface area (Å²) in [5.74, 6) is 0.950. The molecule has 3 aromatic rings. The van der Waals surface area contributed by atoms with Crippen molar-refractivity contribution in [3.63, 3.8) is 0 Å². The number of aromatic nitrogens is 2. The maximum Gasteiger partial charge on any atom is 0.271 e. The Morgan fingerprint density at radius 2 is 1.65 bits per heavy atom. The molecule has 2 aliphatic rings. The zero-order valence-electron chi connectivity index (χ0n) is 18.8. The molecule has 1 saturated heterocycles. The first-order valence-electron chi connectivity index (χ1n) is 11.3. The van der Waals surface area contributed by atoms with Crippen molar-refractivity contribution in [1.29, 1.82) is 0 Å². The molecule has 5 rings (SSSR count). The lowest BCUT2D eigenvalue weighted by Gasteiger charge is -2.37. The zero-order valence-corrected chi connectivity index (χ0v) is 18.8. The number of para-hydroxylation sites is 3. The maximum absolute atomic E-state index is 13.1. The van der Waals surface area contributed by atoms with Crippen molar-refractivity contribution < 1.29 is 14.3 Å². The number of carbonyl (C=O) groups excluding carboxylic acids is 2. The van der Waals surface area contributed by atoms with Crippen LogP contribution in [0.1, 0.15) is 6.92 Å². The minimum Gasteiger partial charge on any atom is -0.479 e.